The minimum absolute atomic E-state index is 0.0452. The molecule has 1 fully saturated rings. The molecule has 1 atom stereocenters. The monoisotopic (exact) mass is 467 g/mol. The maximum atomic E-state index is 14.5. The molecule has 0 bridgehead atoms. The van der Waals surface area contributed by atoms with Crippen LogP contribution in [0.1, 0.15) is 37.3 Å². The van der Waals surface area contributed by atoms with Crippen LogP contribution in [0.2, 0.25) is 0 Å². The van der Waals surface area contributed by atoms with E-state index in [2.05, 4.69) is 28.1 Å². The van der Waals surface area contributed by atoms with Crippen molar-refractivity contribution in [1.82, 2.24) is 0 Å². The Hall–Kier alpha value is -1.08. The predicted octanol–water partition coefficient (Wildman–Crippen LogP) is 5.64. The third kappa shape index (κ3) is 5.29. The molecule has 28 heavy (non-hydrogen) atoms. The van der Waals surface area contributed by atoms with Crippen LogP contribution in [-0.4, -0.2) is 25.1 Å². The molecule has 0 aromatic heterocycles. The average Bonchev–Trinajstić information content (AvgIpc) is 2.69. The fraction of sp³-hybridized carbons (Fsp3) is 0.455. The first-order valence-electron chi connectivity index (χ1n) is 9.43. The number of hydrogen-bond donors (Lipinski definition) is 1. The lowest BCUT2D eigenvalue weighted by Gasteiger charge is -2.42. The summed E-state index contributed by atoms with van der Waals surface area (Å²) < 4.78 is 26.2. The second kappa shape index (κ2) is 9.16. The van der Waals surface area contributed by atoms with Gasteiger partial charge in [-0.25, -0.2) is 4.39 Å². The highest BCUT2D eigenvalue weighted by Crippen LogP contribution is 2.45. The SMILES string of the molecule is COc1ccc(CSC2(CC(C)(N)c3cc(Br)ccc3F)CCOCC2)cc1. The summed E-state index contributed by atoms with van der Waals surface area (Å²) in [7, 11) is 1.67. The molecule has 1 heterocycles. The number of benzene rings is 2. The maximum Gasteiger partial charge on any atom is 0.128 e. The molecule has 0 saturated carbocycles. The molecule has 1 aliphatic heterocycles. The molecule has 0 radical (unpaired) electrons. The molecule has 2 N–H and O–H groups in total. The van der Waals surface area contributed by atoms with Gasteiger partial charge >= 0.3 is 0 Å². The second-order valence-corrected chi connectivity index (χ2v) is 10.0. The zero-order valence-electron chi connectivity index (χ0n) is 16.3. The molecular weight excluding hydrogens is 441 g/mol. The summed E-state index contributed by atoms with van der Waals surface area (Å²) in [6.07, 6.45) is 2.52. The minimum atomic E-state index is -0.766. The van der Waals surface area contributed by atoms with E-state index in [0.717, 1.165) is 28.8 Å². The summed E-state index contributed by atoms with van der Waals surface area (Å²) in [6.45, 7) is 3.36. The maximum absolute atomic E-state index is 14.5. The molecule has 1 aliphatic rings. The van der Waals surface area contributed by atoms with Gasteiger partial charge in [-0.2, -0.15) is 11.8 Å². The molecule has 1 unspecified atom stereocenters. The van der Waals surface area contributed by atoms with Crippen molar-refractivity contribution in [2.24, 2.45) is 5.73 Å². The average molecular weight is 468 g/mol. The van der Waals surface area contributed by atoms with Gasteiger partial charge in [-0.3, -0.25) is 0 Å². The third-order valence-electron chi connectivity index (χ3n) is 5.34. The van der Waals surface area contributed by atoms with Crippen LogP contribution in [0.3, 0.4) is 0 Å². The van der Waals surface area contributed by atoms with Gasteiger partial charge in [-0.15, -0.1) is 0 Å². The fourth-order valence-electron chi connectivity index (χ4n) is 3.77. The van der Waals surface area contributed by atoms with E-state index >= 15 is 0 Å². The summed E-state index contributed by atoms with van der Waals surface area (Å²) in [4.78, 5) is 0. The summed E-state index contributed by atoms with van der Waals surface area (Å²) in [6, 6.07) is 13.1. The van der Waals surface area contributed by atoms with Crippen molar-refractivity contribution >= 4 is 27.7 Å². The van der Waals surface area contributed by atoms with E-state index in [1.165, 1.54) is 11.6 Å². The second-order valence-electron chi connectivity index (χ2n) is 7.65. The fourth-order valence-corrected chi connectivity index (χ4v) is 5.66. The first-order valence-corrected chi connectivity index (χ1v) is 11.2. The van der Waals surface area contributed by atoms with E-state index in [1.807, 2.05) is 30.8 Å². The lowest BCUT2D eigenvalue weighted by Crippen LogP contribution is -2.45. The standard InChI is InChI=1S/C22H27BrFNO2S/c1-21(25,19-13-17(23)5-8-20(19)24)15-22(9-11-27-12-10-22)28-14-16-3-6-18(26-2)7-4-16/h3-8,13H,9-12,14-15,25H2,1-2H3. The summed E-state index contributed by atoms with van der Waals surface area (Å²) in [5.41, 5.74) is 7.73. The van der Waals surface area contributed by atoms with E-state index in [4.69, 9.17) is 15.2 Å². The van der Waals surface area contributed by atoms with Gasteiger partial charge in [0.15, 0.2) is 0 Å². The Bertz CT molecular complexity index is 792. The first kappa shape index (κ1) is 21.6. The van der Waals surface area contributed by atoms with Gasteiger partial charge < -0.3 is 15.2 Å². The highest BCUT2D eigenvalue weighted by atomic mass is 79.9. The number of halogens is 2. The molecule has 2 aromatic rings. The molecular formula is C22H27BrFNO2S. The largest absolute Gasteiger partial charge is 0.497 e. The van der Waals surface area contributed by atoms with Crippen LogP contribution in [0.4, 0.5) is 4.39 Å². The third-order valence-corrected chi connectivity index (χ3v) is 7.48. The van der Waals surface area contributed by atoms with Crippen LogP contribution in [-0.2, 0) is 16.0 Å². The zero-order chi connectivity index (χ0) is 20.2. The Kier molecular flexibility index (Phi) is 7.07. The minimum Gasteiger partial charge on any atom is -0.497 e. The van der Waals surface area contributed by atoms with E-state index in [-0.39, 0.29) is 10.6 Å². The predicted molar refractivity (Wildman–Crippen MR) is 117 cm³/mol. The van der Waals surface area contributed by atoms with E-state index in [1.54, 1.807) is 19.2 Å². The van der Waals surface area contributed by atoms with Crippen LogP contribution in [0, 0.1) is 5.82 Å². The van der Waals surface area contributed by atoms with E-state index in [0.29, 0.717) is 25.2 Å². The summed E-state index contributed by atoms with van der Waals surface area (Å²) >= 11 is 5.35. The van der Waals surface area contributed by atoms with Crippen LogP contribution < -0.4 is 10.5 Å². The molecule has 3 rings (SSSR count). The molecule has 2 aromatic carbocycles. The van der Waals surface area contributed by atoms with Crippen LogP contribution in [0.25, 0.3) is 0 Å². The van der Waals surface area contributed by atoms with Gasteiger partial charge in [0.25, 0.3) is 0 Å². The van der Waals surface area contributed by atoms with Gasteiger partial charge in [0, 0.05) is 39.3 Å². The lowest BCUT2D eigenvalue weighted by molar-refractivity contribution is 0.0692. The molecule has 0 spiro atoms. The summed E-state index contributed by atoms with van der Waals surface area (Å²) in [5, 5.41) is 0. The highest BCUT2D eigenvalue weighted by molar-refractivity contribution is 9.10. The highest BCUT2D eigenvalue weighted by Gasteiger charge is 2.40. The Morgan fingerprint density at radius 1 is 1.21 bits per heavy atom. The van der Waals surface area contributed by atoms with Crippen molar-refractivity contribution < 1.29 is 13.9 Å². The smallest absolute Gasteiger partial charge is 0.128 e. The quantitative estimate of drug-likeness (QED) is 0.571. The van der Waals surface area contributed by atoms with Gasteiger partial charge in [0.05, 0.1) is 7.11 Å². The van der Waals surface area contributed by atoms with Crippen molar-refractivity contribution in [2.45, 2.75) is 42.2 Å². The van der Waals surface area contributed by atoms with E-state index in [9.17, 15) is 4.39 Å². The molecule has 152 valence electrons. The van der Waals surface area contributed by atoms with Gasteiger partial charge in [-0.05, 0) is 62.1 Å². The topological polar surface area (TPSA) is 44.5 Å². The molecule has 6 heteroatoms. The number of rotatable bonds is 7. The van der Waals surface area contributed by atoms with Crippen LogP contribution in [0.15, 0.2) is 46.9 Å². The van der Waals surface area contributed by atoms with Crippen molar-refractivity contribution in [3.05, 3.63) is 63.9 Å². The number of methoxy groups -OCH3 is 1. The van der Waals surface area contributed by atoms with Gasteiger partial charge in [-0.1, -0.05) is 28.1 Å². The Balaban J connectivity index is 1.79. The molecule has 0 amide bonds. The van der Waals surface area contributed by atoms with Crippen molar-refractivity contribution in [2.75, 3.05) is 20.3 Å². The Morgan fingerprint density at radius 3 is 2.54 bits per heavy atom. The first-order chi connectivity index (χ1) is 13.3. The van der Waals surface area contributed by atoms with Crippen molar-refractivity contribution in [3.63, 3.8) is 0 Å². The van der Waals surface area contributed by atoms with Gasteiger partial charge in [0.1, 0.15) is 11.6 Å². The lowest BCUT2D eigenvalue weighted by atomic mass is 9.80. The van der Waals surface area contributed by atoms with Crippen molar-refractivity contribution in [3.8, 4) is 5.75 Å². The normalized spacial score (nSPS) is 18.5. The molecule has 0 aliphatic carbocycles. The number of thioether (sulfide) groups is 1. The number of hydrogen-bond acceptors (Lipinski definition) is 4. The van der Waals surface area contributed by atoms with E-state index < -0.39 is 5.54 Å². The van der Waals surface area contributed by atoms with Crippen LogP contribution in [0.5, 0.6) is 5.75 Å². The molecule has 3 nitrogen and oxygen atoms in total. The zero-order valence-corrected chi connectivity index (χ0v) is 18.7. The Morgan fingerprint density at radius 2 is 1.89 bits per heavy atom. The number of ether oxygens (including phenoxy) is 2. The van der Waals surface area contributed by atoms with Gasteiger partial charge in [0.2, 0.25) is 0 Å². The summed E-state index contributed by atoms with van der Waals surface area (Å²) in [5.74, 6) is 1.48. The van der Waals surface area contributed by atoms with Crippen molar-refractivity contribution in [1.29, 1.82) is 0 Å². The Labute approximate surface area is 179 Å². The molecule has 1 saturated heterocycles. The number of nitrogens with two attached hydrogens (primary N) is 1. The van der Waals surface area contributed by atoms with Crippen LogP contribution >= 0.6 is 27.7 Å².